The van der Waals surface area contributed by atoms with Gasteiger partial charge in [0.1, 0.15) is 16.4 Å². The number of para-hydroxylation sites is 1. The zero-order valence-electron chi connectivity index (χ0n) is 22.3. The van der Waals surface area contributed by atoms with Crippen LogP contribution in [0.4, 0.5) is 11.4 Å². The summed E-state index contributed by atoms with van der Waals surface area (Å²) in [6, 6.07) is 23.9. The molecule has 0 aliphatic rings. The van der Waals surface area contributed by atoms with Crippen molar-refractivity contribution in [2.45, 2.75) is 4.90 Å². The molecule has 0 aliphatic heterocycles. The molecule has 11 heteroatoms. The molecule has 0 aliphatic carbocycles. The normalized spacial score (nSPS) is 10.9. The predicted molar refractivity (Wildman–Crippen MR) is 154 cm³/mol. The lowest BCUT2D eigenvalue weighted by molar-refractivity contribution is 0.0952. The maximum absolute atomic E-state index is 13.4. The molecule has 40 heavy (non-hydrogen) atoms. The van der Waals surface area contributed by atoms with E-state index in [2.05, 4.69) is 20.3 Å². The van der Waals surface area contributed by atoms with Crippen LogP contribution < -0.4 is 29.6 Å². The van der Waals surface area contributed by atoms with Crippen molar-refractivity contribution in [1.29, 1.82) is 0 Å². The Labute approximate surface area is 233 Å². The summed E-state index contributed by atoms with van der Waals surface area (Å²) >= 11 is 0. The van der Waals surface area contributed by atoms with E-state index in [1.54, 1.807) is 78.9 Å². The second-order valence-electron chi connectivity index (χ2n) is 8.50. The molecule has 3 N–H and O–H groups in total. The summed E-state index contributed by atoms with van der Waals surface area (Å²) < 4.78 is 45.2. The van der Waals surface area contributed by atoms with Crippen LogP contribution >= 0.6 is 0 Å². The van der Waals surface area contributed by atoms with Crippen molar-refractivity contribution in [2.75, 3.05) is 44.5 Å². The average molecular weight is 563 g/mol. The SMILES string of the molecule is COc1cccc(-c2ccc(OC)c(S(=O)(=O)Nc3cccc(NCCNC(=O)c4ccccc4OC)c3)c2)n1. The molecule has 0 bridgehead atoms. The molecular formula is C29H30N4O6S. The lowest BCUT2D eigenvalue weighted by Crippen LogP contribution is -2.29. The van der Waals surface area contributed by atoms with Gasteiger partial charge in [0.2, 0.25) is 5.88 Å². The molecule has 1 aromatic heterocycles. The van der Waals surface area contributed by atoms with Crippen molar-refractivity contribution in [2.24, 2.45) is 0 Å². The van der Waals surface area contributed by atoms with Crippen LogP contribution in [0, 0.1) is 0 Å². The Kier molecular flexibility index (Phi) is 9.07. The quantitative estimate of drug-likeness (QED) is 0.217. The smallest absolute Gasteiger partial charge is 0.265 e. The number of methoxy groups -OCH3 is 3. The van der Waals surface area contributed by atoms with Gasteiger partial charge in [0, 0.05) is 30.4 Å². The van der Waals surface area contributed by atoms with Crippen LogP contribution in [-0.4, -0.2) is 53.7 Å². The number of rotatable bonds is 12. The minimum Gasteiger partial charge on any atom is -0.496 e. The molecule has 3 aromatic carbocycles. The number of hydrogen-bond acceptors (Lipinski definition) is 8. The molecule has 0 atom stereocenters. The van der Waals surface area contributed by atoms with E-state index in [0.29, 0.717) is 52.9 Å². The monoisotopic (exact) mass is 562 g/mol. The van der Waals surface area contributed by atoms with Crippen molar-refractivity contribution in [1.82, 2.24) is 10.3 Å². The Bertz CT molecular complexity index is 1590. The van der Waals surface area contributed by atoms with Crippen LogP contribution in [0.25, 0.3) is 11.3 Å². The van der Waals surface area contributed by atoms with Crippen molar-refractivity contribution >= 4 is 27.3 Å². The van der Waals surface area contributed by atoms with Gasteiger partial charge in [-0.25, -0.2) is 13.4 Å². The Morgan fingerprint density at radius 2 is 1.52 bits per heavy atom. The zero-order chi connectivity index (χ0) is 28.5. The molecule has 1 amide bonds. The number of sulfonamides is 1. The Morgan fingerprint density at radius 3 is 2.30 bits per heavy atom. The van der Waals surface area contributed by atoms with E-state index in [4.69, 9.17) is 14.2 Å². The van der Waals surface area contributed by atoms with Crippen LogP contribution in [0.1, 0.15) is 10.4 Å². The van der Waals surface area contributed by atoms with Crippen LogP contribution in [-0.2, 0) is 10.0 Å². The van der Waals surface area contributed by atoms with E-state index in [9.17, 15) is 13.2 Å². The van der Waals surface area contributed by atoms with Gasteiger partial charge < -0.3 is 24.8 Å². The van der Waals surface area contributed by atoms with Crippen molar-refractivity contribution in [3.8, 4) is 28.6 Å². The van der Waals surface area contributed by atoms with Crippen molar-refractivity contribution in [3.63, 3.8) is 0 Å². The molecule has 1 heterocycles. The first-order valence-electron chi connectivity index (χ1n) is 12.3. The Balaban J connectivity index is 1.43. The van der Waals surface area contributed by atoms with Gasteiger partial charge in [0.15, 0.2) is 0 Å². The molecule has 0 fully saturated rings. The highest BCUT2D eigenvalue weighted by Crippen LogP contribution is 2.31. The topological polar surface area (TPSA) is 128 Å². The molecule has 0 unspecified atom stereocenters. The Hall–Kier alpha value is -4.77. The first-order valence-corrected chi connectivity index (χ1v) is 13.8. The fourth-order valence-electron chi connectivity index (χ4n) is 3.95. The number of amides is 1. The van der Waals surface area contributed by atoms with Gasteiger partial charge in [-0.05, 0) is 54.6 Å². The molecule has 10 nitrogen and oxygen atoms in total. The summed E-state index contributed by atoms with van der Waals surface area (Å²) in [4.78, 5) is 16.8. The van der Waals surface area contributed by atoms with Gasteiger partial charge >= 0.3 is 0 Å². The van der Waals surface area contributed by atoms with E-state index in [-0.39, 0.29) is 16.6 Å². The lowest BCUT2D eigenvalue weighted by Gasteiger charge is -2.14. The number of ether oxygens (including phenoxy) is 3. The highest BCUT2D eigenvalue weighted by molar-refractivity contribution is 7.92. The van der Waals surface area contributed by atoms with Gasteiger partial charge in [-0.3, -0.25) is 9.52 Å². The van der Waals surface area contributed by atoms with Gasteiger partial charge in [-0.2, -0.15) is 0 Å². The minimum atomic E-state index is -4.02. The summed E-state index contributed by atoms with van der Waals surface area (Å²) in [5.74, 6) is 0.856. The molecule has 0 spiro atoms. The summed E-state index contributed by atoms with van der Waals surface area (Å²) in [6.07, 6.45) is 0. The maximum Gasteiger partial charge on any atom is 0.265 e. The number of benzene rings is 3. The van der Waals surface area contributed by atoms with E-state index in [0.717, 1.165) is 0 Å². The maximum atomic E-state index is 13.4. The third-order valence-corrected chi connectivity index (χ3v) is 7.29. The number of pyridine rings is 1. The third-order valence-electron chi connectivity index (χ3n) is 5.89. The summed E-state index contributed by atoms with van der Waals surface area (Å²) in [6.45, 7) is 0.760. The fraction of sp³-hybridized carbons (Fsp3) is 0.172. The largest absolute Gasteiger partial charge is 0.496 e. The number of aromatic nitrogens is 1. The number of carbonyl (C=O) groups excluding carboxylic acids is 1. The molecule has 4 aromatic rings. The molecule has 0 saturated heterocycles. The standard InChI is InChI=1S/C29H30N4O6S/c1-37-25-12-5-4-10-23(25)29(34)31-17-16-30-21-8-6-9-22(19-21)33-40(35,36)27-18-20(14-15-26(27)38-2)24-11-7-13-28(32-24)39-3/h4-15,18-19,30,33H,16-17H2,1-3H3,(H,31,34). The van der Waals surface area contributed by atoms with Gasteiger partial charge in [-0.15, -0.1) is 0 Å². The van der Waals surface area contributed by atoms with Gasteiger partial charge in [0.25, 0.3) is 15.9 Å². The van der Waals surface area contributed by atoms with Crippen LogP contribution in [0.2, 0.25) is 0 Å². The fourth-order valence-corrected chi connectivity index (χ4v) is 5.19. The van der Waals surface area contributed by atoms with E-state index >= 15 is 0 Å². The molecular weight excluding hydrogens is 532 g/mol. The van der Waals surface area contributed by atoms with Gasteiger partial charge in [0.05, 0.1) is 38.3 Å². The first-order chi connectivity index (χ1) is 19.3. The average Bonchev–Trinajstić information content (AvgIpc) is 2.98. The number of nitrogens with one attached hydrogen (secondary N) is 3. The molecule has 4 rings (SSSR count). The highest BCUT2D eigenvalue weighted by Gasteiger charge is 2.21. The minimum absolute atomic E-state index is 0.0328. The van der Waals surface area contributed by atoms with E-state index < -0.39 is 10.0 Å². The number of carbonyl (C=O) groups is 1. The second-order valence-corrected chi connectivity index (χ2v) is 10.2. The molecule has 208 valence electrons. The van der Waals surface area contributed by atoms with Crippen molar-refractivity contribution in [3.05, 3.63) is 90.5 Å². The summed E-state index contributed by atoms with van der Waals surface area (Å²) in [5, 5.41) is 6.02. The highest BCUT2D eigenvalue weighted by atomic mass is 32.2. The summed E-state index contributed by atoms with van der Waals surface area (Å²) in [5.41, 5.74) is 2.62. The van der Waals surface area contributed by atoms with Crippen LogP contribution in [0.15, 0.2) is 89.8 Å². The number of hydrogen-bond donors (Lipinski definition) is 3. The molecule has 0 radical (unpaired) electrons. The number of nitrogens with zero attached hydrogens (tertiary/aromatic N) is 1. The zero-order valence-corrected chi connectivity index (χ0v) is 23.1. The van der Waals surface area contributed by atoms with Crippen LogP contribution in [0.3, 0.4) is 0 Å². The summed E-state index contributed by atoms with van der Waals surface area (Å²) in [7, 11) is 0.417. The predicted octanol–water partition coefficient (Wildman–Crippen LogP) is 4.42. The van der Waals surface area contributed by atoms with E-state index in [1.807, 2.05) is 0 Å². The Morgan fingerprint density at radius 1 is 0.775 bits per heavy atom. The second kappa shape index (κ2) is 12.9. The van der Waals surface area contributed by atoms with Gasteiger partial charge in [-0.1, -0.05) is 24.3 Å². The molecule has 0 saturated carbocycles. The van der Waals surface area contributed by atoms with E-state index in [1.165, 1.54) is 27.4 Å². The number of anilines is 2. The third kappa shape index (κ3) is 6.80. The van der Waals surface area contributed by atoms with Crippen LogP contribution in [0.5, 0.6) is 17.4 Å². The van der Waals surface area contributed by atoms with Crippen molar-refractivity contribution < 1.29 is 27.4 Å². The first kappa shape index (κ1) is 28.2. The lowest BCUT2D eigenvalue weighted by atomic mass is 10.1.